The van der Waals surface area contributed by atoms with E-state index in [-0.39, 0.29) is 0 Å². The van der Waals surface area contributed by atoms with Crippen LogP contribution >= 0.6 is 0 Å². The van der Waals surface area contributed by atoms with Gasteiger partial charge >= 0.3 is 5.97 Å². The number of carboxylic acids is 1. The van der Waals surface area contributed by atoms with Crippen molar-refractivity contribution in [2.24, 2.45) is 5.16 Å². The van der Waals surface area contributed by atoms with Gasteiger partial charge in [-0.2, -0.15) is 5.26 Å². The molecule has 0 atom stereocenters. The van der Waals surface area contributed by atoms with Crippen molar-refractivity contribution in [3.63, 3.8) is 0 Å². The van der Waals surface area contributed by atoms with Crippen LogP contribution in [-0.4, -0.2) is 22.0 Å². The lowest BCUT2D eigenvalue weighted by molar-refractivity contribution is -0.129. The van der Waals surface area contributed by atoms with Crippen LogP contribution in [0.25, 0.3) is 0 Å². The van der Waals surface area contributed by atoms with E-state index in [1.807, 2.05) is 0 Å². The maximum Gasteiger partial charge on any atom is 0.369 e. The van der Waals surface area contributed by atoms with Gasteiger partial charge in [0, 0.05) is 0 Å². The first kappa shape index (κ1) is 6.43. The minimum absolute atomic E-state index is 0.912. The third-order valence-electron chi connectivity index (χ3n) is 0.408. The van der Waals surface area contributed by atoms with Gasteiger partial charge in [-0.05, 0) is 0 Å². The van der Waals surface area contributed by atoms with Gasteiger partial charge < -0.3 is 10.3 Å². The third kappa shape index (κ3) is 1.26. The summed E-state index contributed by atoms with van der Waals surface area (Å²) in [6.07, 6.45) is 0. The van der Waals surface area contributed by atoms with Gasteiger partial charge in [0.05, 0.1) is 0 Å². The molecular weight excluding hydrogens is 112 g/mol. The van der Waals surface area contributed by atoms with Gasteiger partial charge in [-0.15, -0.1) is 0 Å². The fraction of sp³-hybridized carbons (Fsp3) is 0. The van der Waals surface area contributed by atoms with Crippen LogP contribution in [0.2, 0.25) is 0 Å². The second-order valence-corrected chi connectivity index (χ2v) is 0.866. The number of oxime groups is 1. The molecule has 0 radical (unpaired) electrons. The van der Waals surface area contributed by atoms with Crippen LogP contribution in [0.3, 0.4) is 0 Å². The summed E-state index contributed by atoms with van der Waals surface area (Å²) in [7, 11) is 0. The van der Waals surface area contributed by atoms with Crippen LogP contribution in [0.4, 0.5) is 0 Å². The molecule has 5 heteroatoms. The smallest absolute Gasteiger partial charge is 0.369 e. The molecule has 0 unspecified atom stereocenters. The molecule has 42 valence electrons. The number of hydrogen-bond acceptors (Lipinski definition) is 4. The molecule has 0 aromatic heterocycles. The summed E-state index contributed by atoms with van der Waals surface area (Å²) in [5, 5.41) is 25.5. The summed E-state index contributed by atoms with van der Waals surface area (Å²) in [5.74, 6) is -1.53. The Morgan fingerprint density at radius 2 is 2.25 bits per heavy atom. The fourth-order valence-corrected chi connectivity index (χ4v) is 0.113. The van der Waals surface area contributed by atoms with Crippen molar-refractivity contribution in [1.82, 2.24) is 0 Å². The Kier molecular flexibility index (Phi) is 2.07. The van der Waals surface area contributed by atoms with Gasteiger partial charge in [-0.1, -0.05) is 5.16 Å². The van der Waals surface area contributed by atoms with Crippen LogP contribution in [0.1, 0.15) is 0 Å². The second kappa shape index (κ2) is 2.58. The van der Waals surface area contributed by atoms with Crippen molar-refractivity contribution in [3.05, 3.63) is 0 Å². The molecule has 2 N–H and O–H groups in total. The summed E-state index contributed by atoms with van der Waals surface area (Å²) >= 11 is 0. The standard InChI is InChI=1S/C3H2N2O3/c4-1-2(5-8)3(6)7/h8H,(H,6,7)/b5-2-. The summed E-state index contributed by atoms with van der Waals surface area (Å²) in [6.45, 7) is 0. The van der Waals surface area contributed by atoms with Crippen molar-refractivity contribution >= 4 is 11.7 Å². The number of rotatable bonds is 1. The van der Waals surface area contributed by atoms with Crippen LogP contribution < -0.4 is 0 Å². The lowest BCUT2D eigenvalue weighted by Gasteiger charge is -1.78. The molecule has 0 rings (SSSR count). The molecule has 8 heavy (non-hydrogen) atoms. The first-order chi connectivity index (χ1) is 3.72. The van der Waals surface area contributed by atoms with Crippen LogP contribution in [-0.2, 0) is 4.79 Å². The monoisotopic (exact) mass is 114 g/mol. The molecule has 0 heterocycles. The highest BCUT2D eigenvalue weighted by atomic mass is 16.4. The predicted octanol–water partition coefficient (Wildman–Crippen LogP) is -0.575. The van der Waals surface area contributed by atoms with Gasteiger partial charge in [0.25, 0.3) is 5.71 Å². The molecule has 0 amide bonds. The topological polar surface area (TPSA) is 93.7 Å². The average molecular weight is 114 g/mol. The SMILES string of the molecule is N#C/C(=N/O)C(=O)O. The number of carboxylic acid groups (broad SMARTS) is 1. The maximum absolute atomic E-state index is 9.65. The lowest BCUT2D eigenvalue weighted by Crippen LogP contribution is -2.09. The second-order valence-electron chi connectivity index (χ2n) is 0.866. The van der Waals surface area contributed by atoms with E-state index in [2.05, 4.69) is 5.16 Å². The fourth-order valence-electron chi connectivity index (χ4n) is 0.113. The predicted molar refractivity (Wildman–Crippen MR) is 22.5 cm³/mol. The molecule has 0 bridgehead atoms. The first-order valence-corrected chi connectivity index (χ1v) is 1.57. The number of nitriles is 1. The minimum Gasteiger partial charge on any atom is -0.476 e. The van der Waals surface area contributed by atoms with Gasteiger partial charge in [-0.3, -0.25) is 0 Å². The molecule has 0 aliphatic carbocycles. The highest BCUT2D eigenvalue weighted by molar-refractivity contribution is 6.42. The van der Waals surface area contributed by atoms with Crippen LogP contribution in [0.15, 0.2) is 5.16 Å². The van der Waals surface area contributed by atoms with Gasteiger partial charge in [0.2, 0.25) is 0 Å². The molecule has 0 aromatic carbocycles. The molecule has 0 aliphatic rings. The average Bonchev–Trinajstić information content (AvgIpc) is 1.69. The Hall–Kier alpha value is -1.57. The number of carbonyl (C=O) groups is 1. The van der Waals surface area contributed by atoms with E-state index < -0.39 is 11.7 Å². The molecule has 0 saturated heterocycles. The van der Waals surface area contributed by atoms with E-state index in [1.54, 1.807) is 0 Å². The van der Waals surface area contributed by atoms with E-state index in [1.165, 1.54) is 0 Å². The van der Waals surface area contributed by atoms with Gasteiger partial charge in [0.1, 0.15) is 6.07 Å². The zero-order valence-electron chi connectivity index (χ0n) is 3.70. The largest absolute Gasteiger partial charge is 0.476 e. The number of hydrogen-bond donors (Lipinski definition) is 2. The van der Waals surface area contributed by atoms with Crippen molar-refractivity contribution in [2.45, 2.75) is 0 Å². The highest BCUT2D eigenvalue weighted by Gasteiger charge is 2.06. The Morgan fingerprint density at radius 3 is 2.25 bits per heavy atom. The first-order valence-electron chi connectivity index (χ1n) is 1.57. The van der Waals surface area contributed by atoms with Crippen LogP contribution in [0.5, 0.6) is 0 Å². The minimum atomic E-state index is -1.53. The van der Waals surface area contributed by atoms with E-state index in [9.17, 15) is 4.79 Å². The maximum atomic E-state index is 9.65. The number of nitrogens with zero attached hydrogens (tertiary/aromatic N) is 2. The highest BCUT2D eigenvalue weighted by Crippen LogP contribution is 1.71. The third-order valence-corrected chi connectivity index (χ3v) is 0.408. The molecule has 0 fully saturated rings. The van der Waals surface area contributed by atoms with Gasteiger partial charge in [0.15, 0.2) is 0 Å². The Labute approximate surface area is 44.5 Å². The Bertz CT molecular complexity index is 166. The quantitative estimate of drug-likeness (QED) is 0.271. The lowest BCUT2D eigenvalue weighted by atomic mass is 10.4. The normalized spacial score (nSPS) is 10.1. The summed E-state index contributed by atoms with van der Waals surface area (Å²) in [4.78, 5) is 9.65. The molecule has 0 aromatic rings. The van der Waals surface area contributed by atoms with E-state index in [0.29, 0.717) is 0 Å². The van der Waals surface area contributed by atoms with E-state index in [4.69, 9.17) is 15.6 Å². The summed E-state index contributed by atoms with van der Waals surface area (Å²) in [5.41, 5.74) is -0.912. The van der Waals surface area contributed by atoms with Crippen molar-refractivity contribution < 1.29 is 15.1 Å². The molecule has 0 aliphatic heterocycles. The van der Waals surface area contributed by atoms with Crippen LogP contribution in [0, 0.1) is 11.3 Å². The van der Waals surface area contributed by atoms with Crippen molar-refractivity contribution in [1.29, 1.82) is 5.26 Å². The summed E-state index contributed by atoms with van der Waals surface area (Å²) < 4.78 is 0. The Morgan fingerprint density at radius 1 is 1.75 bits per heavy atom. The van der Waals surface area contributed by atoms with E-state index in [0.717, 1.165) is 6.07 Å². The molecule has 0 spiro atoms. The Balaban J connectivity index is 4.20. The van der Waals surface area contributed by atoms with E-state index >= 15 is 0 Å². The summed E-state index contributed by atoms with van der Waals surface area (Å²) in [6, 6.07) is 1.15. The zero-order valence-corrected chi connectivity index (χ0v) is 3.70. The zero-order chi connectivity index (χ0) is 6.57. The molecule has 5 nitrogen and oxygen atoms in total. The number of aliphatic carboxylic acids is 1. The van der Waals surface area contributed by atoms with Gasteiger partial charge in [-0.25, -0.2) is 4.79 Å². The van der Waals surface area contributed by atoms with Crippen molar-refractivity contribution in [3.8, 4) is 6.07 Å². The van der Waals surface area contributed by atoms with Crippen molar-refractivity contribution in [2.75, 3.05) is 0 Å². The molecule has 0 saturated carbocycles. The molecular formula is C3H2N2O3.